The molecule has 0 saturated carbocycles. The Morgan fingerprint density at radius 2 is 1.73 bits per heavy atom. The van der Waals surface area contributed by atoms with Crippen LogP contribution < -0.4 is 0 Å². The summed E-state index contributed by atoms with van der Waals surface area (Å²) >= 11 is 5.00. The highest BCUT2D eigenvalue weighted by atomic mass is 32.2. The van der Waals surface area contributed by atoms with Crippen molar-refractivity contribution < 1.29 is 13.0 Å². The minimum Gasteiger partial charge on any atom is -0.282 e. The molecule has 0 amide bonds. The van der Waals surface area contributed by atoms with Crippen molar-refractivity contribution in [2.45, 2.75) is 9.79 Å². The van der Waals surface area contributed by atoms with Crippen molar-refractivity contribution in [1.82, 2.24) is 0 Å². The molecule has 1 radical (unpaired) electrons. The Morgan fingerprint density at radius 1 is 1.07 bits per heavy atom. The SMILES string of the molecule is O=S(=O)(O)c1ccc2ccccc2c1[S]. The van der Waals surface area contributed by atoms with Gasteiger partial charge in [-0.3, -0.25) is 4.55 Å². The molecule has 0 spiro atoms. The smallest absolute Gasteiger partial charge is 0.282 e. The summed E-state index contributed by atoms with van der Waals surface area (Å²) in [6.07, 6.45) is 0. The predicted molar refractivity (Wildman–Crippen MR) is 59.6 cm³/mol. The van der Waals surface area contributed by atoms with Gasteiger partial charge >= 0.3 is 0 Å². The molecule has 5 heteroatoms. The van der Waals surface area contributed by atoms with E-state index in [2.05, 4.69) is 0 Å². The van der Waals surface area contributed by atoms with E-state index >= 15 is 0 Å². The first-order valence-corrected chi connectivity index (χ1v) is 6.01. The van der Waals surface area contributed by atoms with E-state index in [9.17, 15) is 8.42 Å². The maximum atomic E-state index is 11.0. The molecule has 0 aliphatic carbocycles. The number of hydrogen-bond donors (Lipinski definition) is 1. The lowest BCUT2D eigenvalue weighted by Gasteiger charge is -2.04. The summed E-state index contributed by atoms with van der Waals surface area (Å²) in [5, 5.41) is 1.51. The maximum absolute atomic E-state index is 11.0. The molecule has 0 aliphatic heterocycles. The Kier molecular flexibility index (Phi) is 2.38. The molecule has 0 bridgehead atoms. The Labute approximate surface area is 92.9 Å². The van der Waals surface area contributed by atoms with Crippen LogP contribution in [-0.2, 0) is 10.1 Å². The Morgan fingerprint density at radius 3 is 2.40 bits per heavy atom. The fraction of sp³-hybridized carbons (Fsp3) is 0. The van der Waals surface area contributed by atoms with Gasteiger partial charge in [0.25, 0.3) is 10.1 Å². The summed E-state index contributed by atoms with van der Waals surface area (Å²) < 4.78 is 30.9. The average Bonchev–Trinajstić information content (AvgIpc) is 2.16. The summed E-state index contributed by atoms with van der Waals surface area (Å²) in [6.45, 7) is 0. The molecule has 2 rings (SSSR count). The molecule has 2 aromatic carbocycles. The van der Waals surface area contributed by atoms with Crippen molar-refractivity contribution in [2.24, 2.45) is 0 Å². The molecule has 77 valence electrons. The second kappa shape index (κ2) is 3.44. The Balaban J connectivity index is 2.88. The normalized spacial score (nSPS) is 11.8. The van der Waals surface area contributed by atoms with Crippen LogP contribution in [0.25, 0.3) is 10.8 Å². The van der Waals surface area contributed by atoms with E-state index in [1.54, 1.807) is 18.2 Å². The van der Waals surface area contributed by atoms with Crippen LogP contribution in [0.1, 0.15) is 0 Å². The van der Waals surface area contributed by atoms with Crippen molar-refractivity contribution in [3.63, 3.8) is 0 Å². The van der Waals surface area contributed by atoms with Gasteiger partial charge in [0.1, 0.15) is 4.90 Å². The monoisotopic (exact) mass is 239 g/mol. The van der Waals surface area contributed by atoms with Crippen LogP contribution >= 0.6 is 12.6 Å². The zero-order chi connectivity index (χ0) is 11.1. The third-order valence-electron chi connectivity index (χ3n) is 2.12. The van der Waals surface area contributed by atoms with Crippen LogP contribution in [0.4, 0.5) is 0 Å². The molecule has 0 saturated heterocycles. The van der Waals surface area contributed by atoms with Gasteiger partial charge in [0.2, 0.25) is 0 Å². The molecule has 1 N–H and O–H groups in total. The number of fused-ring (bicyclic) bond motifs is 1. The number of hydrogen-bond acceptors (Lipinski definition) is 2. The fourth-order valence-corrected chi connectivity index (χ4v) is 2.58. The largest absolute Gasteiger partial charge is 0.295 e. The molecule has 15 heavy (non-hydrogen) atoms. The zero-order valence-corrected chi connectivity index (χ0v) is 9.18. The Bertz CT molecular complexity index is 618. The van der Waals surface area contributed by atoms with Crippen LogP contribution in [0.15, 0.2) is 46.2 Å². The van der Waals surface area contributed by atoms with Gasteiger partial charge < -0.3 is 0 Å². The van der Waals surface area contributed by atoms with Crippen molar-refractivity contribution in [3.8, 4) is 0 Å². The van der Waals surface area contributed by atoms with Gasteiger partial charge in [-0.25, -0.2) is 0 Å². The van der Waals surface area contributed by atoms with E-state index in [0.29, 0.717) is 5.39 Å². The van der Waals surface area contributed by atoms with Gasteiger partial charge in [0.05, 0.1) is 4.90 Å². The van der Waals surface area contributed by atoms with Crippen LogP contribution in [-0.4, -0.2) is 13.0 Å². The van der Waals surface area contributed by atoms with Crippen molar-refractivity contribution >= 4 is 33.5 Å². The molecule has 3 nitrogen and oxygen atoms in total. The second-order valence-corrected chi connectivity index (χ2v) is 4.89. The predicted octanol–water partition coefficient (Wildman–Crippen LogP) is 2.64. The minimum absolute atomic E-state index is 0.163. The molecule has 0 heterocycles. The third-order valence-corrected chi connectivity index (χ3v) is 3.59. The first-order valence-electron chi connectivity index (χ1n) is 4.16. The fourth-order valence-electron chi connectivity index (χ4n) is 1.43. The number of benzene rings is 2. The standard InChI is InChI=1S/C10H7O3S2/c11-15(12,13)9-6-5-7-3-1-2-4-8(7)10(9)14/h1-6H,(H,11,12,13). The van der Waals surface area contributed by atoms with Gasteiger partial charge in [0.15, 0.2) is 0 Å². The lowest BCUT2D eigenvalue weighted by atomic mass is 10.1. The molecular formula is C10H7O3S2. The lowest BCUT2D eigenvalue weighted by molar-refractivity contribution is 0.481. The lowest BCUT2D eigenvalue weighted by Crippen LogP contribution is -1.99. The zero-order valence-electron chi connectivity index (χ0n) is 7.54. The van der Waals surface area contributed by atoms with Crippen LogP contribution in [0.5, 0.6) is 0 Å². The molecular weight excluding hydrogens is 232 g/mol. The molecule has 0 atom stereocenters. The van der Waals surface area contributed by atoms with E-state index in [1.807, 2.05) is 12.1 Å². The van der Waals surface area contributed by atoms with Crippen LogP contribution in [0.3, 0.4) is 0 Å². The highest BCUT2D eigenvalue weighted by Gasteiger charge is 2.15. The van der Waals surface area contributed by atoms with Crippen molar-refractivity contribution in [3.05, 3.63) is 36.4 Å². The van der Waals surface area contributed by atoms with E-state index in [-0.39, 0.29) is 9.79 Å². The quantitative estimate of drug-likeness (QED) is 0.778. The highest BCUT2D eigenvalue weighted by molar-refractivity contribution is 7.87. The summed E-state index contributed by atoms with van der Waals surface area (Å²) in [5.41, 5.74) is 0. The molecule has 0 unspecified atom stereocenters. The van der Waals surface area contributed by atoms with Gasteiger partial charge in [0, 0.05) is 5.39 Å². The summed E-state index contributed by atoms with van der Waals surface area (Å²) in [5.74, 6) is 0. The van der Waals surface area contributed by atoms with E-state index in [0.717, 1.165) is 5.39 Å². The summed E-state index contributed by atoms with van der Waals surface area (Å²) in [6, 6.07) is 10.1. The summed E-state index contributed by atoms with van der Waals surface area (Å²) in [7, 11) is -4.23. The van der Waals surface area contributed by atoms with Crippen molar-refractivity contribution in [1.29, 1.82) is 0 Å². The molecule has 0 fully saturated rings. The van der Waals surface area contributed by atoms with Crippen molar-refractivity contribution in [2.75, 3.05) is 0 Å². The van der Waals surface area contributed by atoms with Crippen LogP contribution in [0.2, 0.25) is 0 Å². The second-order valence-electron chi connectivity index (χ2n) is 3.09. The third kappa shape index (κ3) is 1.81. The molecule has 0 aliphatic rings. The van der Waals surface area contributed by atoms with Crippen LogP contribution in [0, 0.1) is 0 Å². The van der Waals surface area contributed by atoms with Gasteiger partial charge in [-0.05, 0) is 11.5 Å². The molecule has 2 aromatic rings. The topological polar surface area (TPSA) is 54.4 Å². The summed E-state index contributed by atoms with van der Waals surface area (Å²) in [4.78, 5) is -0.0493. The highest BCUT2D eigenvalue weighted by Crippen LogP contribution is 2.28. The molecule has 0 aromatic heterocycles. The van der Waals surface area contributed by atoms with Gasteiger partial charge in [-0.15, -0.1) is 0 Å². The van der Waals surface area contributed by atoms with E-state index in [1.165, 1.54) is 6.07 Å². The van der Waals surface area contributed by atoms with E-state index < -0.39 is 10.1 Å². The van der Waals surface area contributed by atoms with E-state index in [4.69, 9.17) is 17.2 Å². The Hall–Kier alpha value is -1.17. The average molecular weight is 239 g/mol. The first kappa shape index (κ1) is 10.4. The maximum Gasteiger partial charge on any atom is 0.295 e. The van der Waals surface area contributed by atoms with Gasteiger partial charge in [-0.1, -0.05) is 43.0 Å². The number of rotatable bonds is 1. The van der Waals surface area contributed by atoms with Gasteiger partial charge in [-0.2, -0.15) is 8.42 Å². The minimum atomic E-state index is -4.23. The first-order chi connectivity index (χ1) is 7.00.